The predicted octanol–water partition coefficient (Wildman–Crippen LogP) is 1.38. The number of primary amides is 1. The molecule has 0 atom stereocenters. The molecule has 7 nitrogen and oxygen atoms in total. The lowest BCUT2D eigenvalue weighted by atomic mass is 10.0. The number of likely N-dealkylation sites (tertiary alicyclic amines) is 1. The van der Waals surface area contributed by atoms with E-state index in [1.54, 1.807) is 17.0 Å². The molecule has 1 aromatic carbocycles. The molecule has 1 heterocycles. The molecule has 24 heavy (non-hydrogen) atoms. The number of carbonyl (C=O) groups is 3. The summed E-state index contributed by atoms with van der Waals surface area (Å²) in [4.78, 5) is 36.5. The molecule has 1 fully saturated rings. The number of amides is 3. The second-order valence-electron chi connectivity index (χ2n) is 6.90. The summed E-state index contributed by atoms with van der Waals surface area (Å²) in [6, 6.07) is 6.15. The van der Waals surface area contributed by atoms with Gasteiger partial charge in [-0.05, 0) is 45.0 Å². The number of carbonyl (C=O) groups excluding carboxylic acids is 3. The van der Waals surface area contributed by atoms with Crippen LogP contribution in [0.5, 0.6) is 0 Å². The van der Waals surface area contributed by atoms with Gasteiger partial charge in [-0.3, -0.25) is 9.59 Å². The lowest BCUT2D eigenvalue weighted by molar-refractivity contribution is -0.000540. The summed E-state index contributed by atoms with van der Waals surface area (Å²) in [5.74, 6) is -0.535. The molecule has 0 aromatic heterocycles. The zero-order valence-electron chi connectivity index (χ0n) is 14.2. The van der Waals surface area contributed by atoms with Crippen molar-refractivity contribution in [2.45, 2.75) is 26.4 Å². The van der Waals surface area contributed by atoms with E-state index in [1.807, 2.05) is 20.8 Å². The molecule has 0 unspecified atom stereocenters. The number of nitrogens with two attached hydrogens (primary N) is 1. The Hall–Kier alpha value is -2.57. The van der Waals surface area contributed by atoms with Crippen molar-refractivity contribution in [2.24, 2.45) is 11.7 Å². The molecular formula is C17H23N3O4. The van der Waals surface area contributed by atoms with E-state index in [0.29, 0.717) is 30.8 Å². The van der Waals surface area contributed by atoms with E-state index in [2.05, 4.69) is 5.32 Å². The summed E-state index contributed by atoms with van der Waals surface area (Å²) >= 11 is 0. The highest BCUT2D eigenvalue weighted by Crippen LogP contribution is 2.19. The molecule has 0 saturated carbocycles. The third-order valence-electron chi connectivity index (χ3n) is 3.59. The van der Waals surface area contributed by atoms with E-state index in [9.17, 15) is 14.4 Å². The molecule has 1 aliphatic rings. The Morgan fingerprint density at radius 2 is 1.71 bits per heavy atom. The first-order valence-electron chi connectivity index (χ1n) is 7.82. The van der Waals surface area contributed by atoms with Crippen LogP contribution in [0.15, 0.2) is 24.3 Å². The average molecular weight is 333 g/mol. The van der Waals surface area contributed by atoms with Gasteiger partial charge >= 0.3 is 6.09 Å². The topological polar surface area (TPSA) is 102 Å². The highest BCUT2D eigenvalue weighted by atomic mass is 16.6. The first-order chi connectivity index (χ1) is 11.2. The smallest absolute Gasteiger partial charge is 0.410 e. The van der Waals surface area contributed by atoms with E-state index in [1.165, 1.54) is 12.1 Å². The van der Waals surface area contributed by atoms with Gasteiger partial charge in [-0.25, -0.2) is 4.79 Å². The molecule has 1 saturated heterocycles. The monoisotopic (exact) mass is 333 g/mol. The normalized spacial score (nSPS) is 14.7. The van der Waals surface area contributed by atoms with Crippen molar-refractivity contribution in [3.05, 3.63) is 35.4 Å². The fraction of sp³-hybridized carbons (Fsp3) is 0.471. The predicted molar refractivity (Wildman–Crippen MR) is 88.6 cm³/mol. The van der Waals surface area contributed by atoms with E-state index in [4.69, 9.17) is 10.5 Å². The third kappa shape index (κ3) is 4.71. The van der Waals surface area contributed by atoms with Crippen LogP contribution in [0.3, 0.4) is 0 Å². The largest absolute Gasteiger partial charge is 0.444 e. The molecular weight excluding hydrogens is 310 g/mol. The van der Waals surface area contributed by atoms with Crippen LogP contribution in [-0.2, 0) is 4.74 Å². The number of hydrogen-bond acceptors (Lipinski definition) is 4. The van der Waals surface area contributed by atoms with Crippen LogP contribution in [0.2, 0.25) is 0 Å². The first-order valence-corrected chi connectivity index (χ1v) is 7.82. The van der Waals surface area contributed by atoms with Crippen LogP contribution in [0.1, 0.15) is 41.5 Å². The molecule has 130 valence electrons. The Labute approximate surface area is 141 Å². The number of nitrogens with zero attached hydrogens (tertiary/aromatic N) is 1. The van der Waals surface area contributed by atoms with Gasteiger partial charge in [-0.1, -0.05) is 0 Å². The van der Waals surface area contributed by atoms with Crippen LogP contribution in [-0.4, -0.2) is 48.0 Å². The third-order valence-corrected chi connectivity index (χ3v) is 3.59. The quantitative estimate of drug-likeness (QED) is 0.869. The molecule has 0 bridgehead atoms. The standard InChI is InChI=1S/C17H23N3O4/c1-17(2,3)24-16(23)20-9-11(10-20)8-19-15(22)13-6-4-12(5-7-13)14(18)21/h4-7,11H,8-10H2,1-3H3,(H2,18,21)(H,19,22). The van der Waals surface area contributed by atoms with Gasteiger partial charge in [0, 0.05) is 36.7 Å². The Balaban J connectivity index is 1.74. The van der Waals surface area contributed by atoms with Gasteiger partial charge < -0.3 is 20.7 Å². The SMILES string of the molecule is CC(C)(C)OC(=O)N1CC(CNC(=O)c2ccc(C(N)=O)cc2)C1. The van der Waals surface area contributed by atoms with Crippen LogP contribution in [0.4, 0.5) is 4.79 Å². The lowest BCUT2D eigenvalue weighted by Crippen LogP contribution is -2.54. The molecule has 0 aliphatic carbocycles. The number of ether oxygens (including phenoxy) is 1. The highest BCUT2D eigenvalue weighted by molar-refractivity contribution is 5.97. The van der Waals surface area contributed by atoms with E-state index in [-0.39, 0.29) is 17.9 Å². The number of benzene rings is 1. The molecule has 3 N–H and O–H groups in total. The Bertz CT molecular complexity index is 628. The molecule has 1 aliphatic heterocycles. The highest BCUT2D eigenvalue weighted by Gasteiger charge is 2.33. The second kappa shape index (κ2) is 6.90. The molecule has 0 spiro atoms. The zero-order valence-corrected chi connectivity index (χ0v) is 14.2. The van der Waals surface area contributed by atoms with Crippen LogP contribution >= 0.6 is 0 Å². The van der Waals surface area contributed by atoms with Gasteiger partial charge in [0.05, 0.1) is 0 Å². The molecule has 3 amide bonds. The summed E-state index contributed by atoms with van der Waals surface area (Å²) in [6.45, 7) is 7.09. The van der Waals surface area contributed by atoms with Crippen molar-refractivity contribution >= 4 is 17.9 Å². The molecule has 0 radical (unpaired) electrons. The summed E-state index contributed by atoms with van der Waals surface area (Å²) in [5, 5.41) is 2.82. The molecule has 2 rings (SSSR count). The number of nitrogens with one attached hydrogen (secondary N) is 1. The van der Waals surface area contributed by atoms with Crippen LogP contribution < -0.4 is 11.1 Å². The second-order valence-corrected chi connectivity index (χ2v) is 6.90. The van der Waals surface area contributed by atoms with Gasteiger partial charge in [0.2, 0.25) is 5.91 Å². The Kier molecular flexibility index (Phi) is 5.11. The van der Waals surface area contributed by atoms with Crippen molar-refractivity contribution in [3.63, 3.8) is 0 Å². The minimum Gasteiger partial charge on any atom is -0.444 e. The molecule has 7 heteroatoms. The first kappa shape index (κ1) is 17.8. The maximum Gasteiger partial charge on any atom is 0.410 e. The van der Waals surface area contributed by atoms with Gasteiger partial charge in [0.15, 0.2) is 0 Å². The summed E-state index contributed by atoms with van der Waals surface area (Å²) in [5.41, 5.74) is 5.47. The van der Waals surface area contributed by atoms with Gasteiger partial charge in [-0.2, -0.15) is 0 Å². The van der Waals surface area contributed by atoms with Crippen molar-refractivity contribution in [3.8, 4) is 0 Å². The van der Waals surface area contributed by atoms with Crippen molar-refractivity contribution in [1.29, 1.82) is 0 Å². The van der Waals surface area contributed by atoms with Crippen LogP contribution in [0, 0.1) is 5.92 Å². The van der Waals surface area contributed by atoms with Gasteiger partial charge in [-0.15, -0.1) is 0 Å². The van der Waals surface area contributed by atoms with Crippen molar-refractivity contribution < 1.29 is 19.1 Å². The summed E-state index contributed by atoms with van der Waals surface area (Å²) < 4.78 is 5.28. The lowest BCUT2D eigenvalue weighted by Gasteiger charge is -2.39. The van der Waals surface area contributed by atoms with Gasteiger partial charge in [0.25, 0.3) is 5.91 Å². The minimum absolute atomic E-state index is 0.214. The van der Waals surface area contributed by atoms with Gasteiger partial charge in [0.1, 0.15) is 5.60 Å². The minimum atomic E-state index is -0.529. The van der Waals surface area contributed by atoms with E-state index >= 15 is 0 Å². The summed E-state index contributed by atoms with van der Waals surface area (Å²) in [7, 11) is 0. The zero-order chi connectivity index (χ0) is 17.9. The Morgan fingerprint density at radius 1 is 1.17 bits per heavy atom. The Morgan fingerprint density at radius 3 is 2.21 bits per heavy atom. The van der Waals surface area contributed by atoms with Crippen molar-refractivity contribution in [1.82, 2.24) is 10.2 Å². The fourth-order valence-electron chi connectivity index (χ4n) is 2.30. The van der Waals surface area contributed by atoms with Crippen LogP contribution in [0.25, 0.3) is 0 Å². The average Bonchev–Trinajstić information content (AvgIpc) is 2.43. The van der Waals surface area contributed by atoms with E-state index in [0.717, 1.165) is 0 Å². The summed E-state index contributed by atoms with van der Waals surface area (Å²) in [6.07, 6.45) is -0.327. The number of rotatable bonds is 4. The fourth-order valence-corrected chi connectivity index (χ4v) is 2.30. The molecule has 1 aromatic rings. The van der Waals surface area contributed by atoms with Crippen molar-refractivity contribution in [2.75, 3.05) is 19.6 Å². The number of hydrogen-bond donors (Lipinski definition) is 2. The maximum atomic E-state index is 12.0. The maximum absolute atomic E-state index is 12.0. The van der Waals surface area contributed by atoms with E-state index < -0.39 is 11.5 Å².